The fourth-order valence-corrected chi connectivity index (χ4v) is 3.65. The van der Waals surface area contributed by atoms with Gasteiger partial charge in [0.15, 0.2) is 0 Å². The first-order valence-corrected chi connectivity index (χ1v) is 8.06. The van der Waals surface area contributed by atoms with Gasteiger partial charge in [-0.2, -0.15) is 0 Å². The third kappa shape index (κ3) is 3.13. The molecular weight excluding hydrogens is 333 g/mol. The van der Waals surface area contributed by atoms with Gasteiger partial charge in [0.2, 0.25) is 11.8 Å². The van der Waals surface area contributed by atoms with Crippen LogP contribution < -0.4 is 10.6 Å². The monoisotopic (exact) mass is 355 g/mol. The van der Waals surface area contributed by atoms with Crippen molar-refractivity contribution in [1.29, 1.82) is 0 Å². The van der Waals surface area contributed by atoms with Gasteiger partial charge in [0.25, 0.3) is 0 Å². The Morgan fingerprint density at radius 2 is 1.96 bits per heavy atom. The maximum Gasteiger partial charge on any atom is 0.249 e. The van der Waals surface area contributed by atoms with Crippen molar-refractivity contribution in [1.82, 2.24) is 4.90 Å². The smallest absolute Gasteiger partial charge is 0.249 e. The first-order chi connectivity index (χ1) is 10.9. The van der Waals surface area contributed by atoms with Crippen molar-refractivity contribution in [2.45, 2.75) is 43.7 Å². The van der Waals surface area contributed by atoms with Gasteiger partial charge in [0.05, 0.1) is 11.2 Å². The van der Waals surface area contributed by atoms with E-state index in [1.807, 2.05) is 0 Å². The minimum atomic E-state index is -0.847. The average Bonchev–Trinajstić information content (AvgIpc) is 3.14. The highest BCUT2D eigenvalue weighted by Crippen LogP contribution is 2.31. The summed E-state index contributed by atoms with van der Waals surface area (Å²) in [6.45, 7) is 0.402. The molecule has 3 rings (SSSR count). The van der Waals surface area contributed by atoms with Gasteiger partial charge >= 0.3 is 0 Å². The molecule has 0 bridgehead atoms. The number of nitrogens with zero attached hydrogens (tertiary/aromatic N) is 2. The zero-order valence-electron chi connectivity index (χ0n) is 13.7. The Morgan fingerprint density at radius 3 is 2.58 bits per heavy atom. The summed E-state index contributed by atoms with van der Waals surface area (Å²) in [7, 11) is 1.63. The highest BCUT2D eigenvalue weighted by atomic mass is 35.5. The quantitative estimate of drug-likeness (QED) is 0.902. The molecule has 5 nitrogen and oxygen atoms in total. The van der Waals surface area contributed by atoms with Gasteiger partial charge in [-0.05, 0) is 31.4 Å². The Bertz CT molecular complexity index is 634. The number of rotatable bonds is 3. The summed E-state index contributed by atoms with van der Waals surface area (Å²) in [4.78, 5) is 28.2. The topological polar surface area (TPSA) is 66.6 Å². The number of para-hydroxylation sites is 1. The van der Waals surface area contributed by atoms with E-state index in [9.17, 15) is 14.0 Å². The Morgan fingerprint density at radius 1 is 1.33 bits per heavy atom. The predicted octanol–water partition coefficient (Wildman–Crippen LogP) is 2.08. The molecule has 2 N–H and O–H groups in total. The van der Waals surface area contributed by atoms with Gasteiger partial charge in [-0.3, -0.25) is 9.59 Å². The largest absolute Gasteiger partial charge is 0.332 e. The van der Waals surface area contributed by atoms with E-state index < -0.39 is 17.4 Å². The maximum absolute atomic E-state index is 13.9. The predicted molar refractivity (Wildman–Crippen MR) is 92.6 cm³/mol. The lowest BCUT2D eigenvalue weighted by Gasteiger charge is -2.32. The zero-order valence-corrected chi connectivity index (χ0v) is 14.5. The second kappa shape index (κ2) is 7.07. The van der Waals surface area contributed by atoms with Gasteiger partial charge in [-0.25, -0.2) is 4.39 Å². The number of anilines is 1. The van der Waals surface area contributed by atoms with Crippen LogP contribution in [-0.4, -0.2) is 41.9 Å². The summed E-state index contributed by atoms with van der Waals surface area (Å²) in [5.74, 6) is -0.849. The number of halogens is 2. The molecule has 1 saturated heterocycles. The molecule has 1 aromatic carbocycles. The van der Waals surface area contributed by atoms with Crippen molar-refractivity contribution in [2.75, 3.05) is 18.5 Å². The lowest BCUT2D eigenvalue weighted by atomic mass is 9.96. The van der Waals surface area contributed by atoms with E-state index in [2.05, 4.69) is 0 Å². The van der Waals surface area contributed by atoms with Crippen LogP contribution in [0, 0.1) is 5.82 Å². The minimum absolute atomic E-state index is 0. The van der Waals surface area contributed by atoms with Crippen LogP contribution in [0.4, 0.5) is 10.1 Å². The van der Waals surface area contributed by atoms with Crippen LogP contribution in [0.2, 0.25) is 0 Å². The average molecular weight is 356 g/mol. The number of benzene rings is 1. The van der Waals surface area contributed by atoms with Crippen LogP contribution in [0.5, 0.6) is 0 Å². The van der Waals surface area contributed by atoms with E-state index in [0.717, 1.165) is 12.8 Å². The summed E-state index contributed by atoms with van der Waals surface area (Å²) in [5.41, 5.74) is 5.63. The lowest BCUT2D eigenvalue weighted by Crippen LogP contribution is -2.56. The molecule has 132 valence electrons. The molecule has 1 unspecified atom stereocenters. The Labute approximate surface area is 147 Å². The molecule has 2 fully saturated rings. The van der Waals surface area contributed by atoms with Gasteiger partial charge < -0.3 is 15.5 Å². The molecule has 0 radical (unpaired) electrons. The molecule has 1 aliphatic carbocycles. The molecule has 24 heavy (non-hydrogen) atoms. The summed E-state index contributed by atoms with van der Waals surface area (Å²) in [5, 5.41) is 0. The Kier molecular flexibility index (Phi) is 5.50. The van der Waals surface area contributed by atoms with Crippen molar-refractivity contribution in [3.63, 3.8) is 0 Å². The van der Waals surface area contributed by atoms with Crippen LogP contribution in [-0.2, 0) is 9.59 Å². The zero-order chi connectivity index (χ0) is 16.6. The summed E-state index contributed by atoms with van der Waals surface area (Å²) in [6, 6.07) is 5.63. The van der Waals surface area contributed by atoms with Crippen molar-refractivity contribution >= 4 is 29.9 Å². The standard InChI is InChI=1S/C17H22FN3O2.ClH/c1-20(16(23)17(19)9-4-5-10-17)14-8-11-21(15(14)22)13-7-3-2-6-12(13)18;/h2-3,6-7,14H,4-5,8-11,19H2,1H3;1H. The molecule has 7 heteroatoms. The number of hydrogen-bond donors (Lipinski definition) is 1. The van der Waals surface area contributed by atoms with Crippen LogP contribution in [0.3, 0.4) is 0 Å². The molecule has 1 saturated carbocycles. The van der Waals surface area contributed by atoms with E-state index >= 15 is 0 Å². The number of carbonyl (C=O) groups is 2. The van der Waals surface area contributed by atoms with Crippen molar-refractivity contribution in [2.24, 2.45) is 5.73 Å². The fraction of sp³-hybridized carbons (Fsp3) is 0.529. The molecule has 1 aliphatic heterocycles. The van der Waals surface area contributed by atoms with Crippen molar-refractivity contribution < 1.29 is 14.0 Å². The molecule has 2 amide bonds. The molecule has 1 heterocycles. The second-order valence-corrected chi connectivity index (χ2v) is 6.53. The van der Waals surface area contributed by atoms with E-state index in [-0.39, 0.29) is 29.9 Å². The third-order valence-corrected chi connectivity index (χ3v) is 5.03. The normalized spacial score (nSPS) is 22.4. The number of hydrogen-bond acceptors (Lipinski definition) is 3. The minimum Gasteiger partial charge on any atom is -0.332 e. The Balaban J connectivity index is 0.00000208. The number of nitrogens with two attached hydrogens (primary N) is 1. The second-order valence-electron chi connectivity index (χ2n) is 6.53. The van der Waals surface area contributed by atoms with E-state index in [1.165, 1.54) is 15.9 Å². The van der Waals surface area contributed by atoms with Gasteiger partial charge in [-0.15, -0.1) is 12.4 Å². The lowest BCUT2D eigenvalue weighted by molar-refractivity contribution is -0.141. The highest BCUT2D eigenvalue weighted by Gasteiger charge is 2.44. The fourth-order valence-electron chi connectivity index (χ4n) is 3.65. The first kappa shape index (κ1) is 18.7. The van der Waals surface area contributed by atoms with Gasteiger partial charge in [0, 0.05) is 13.6 Å². The molecule has 0 spiro atoms. The molecule has 2 aliphatic rings. The van der Waals surface area contributed by atoms with E-state index in [4.69, 9.17) is 5.73 Å². The van der Waals surface area contributed by atoms with Crippen LogP contribution >= 0.6 is 12.4 Å². The molecule has 0 aromatic heterocycles. The Hall–Kier alpha value is -1.66. The van der Waals surface area contributed by atoms with Crippen molar-refractivity contribution in [3.8, 4) is 0 Å². The van der Waals surface area contributed by atoms with E-state index in [1.54, 1.807) is 25.2 Å². The third-order valence-electron chi connectivity index (χ3n) is 5.03. The number of amides is 2. The number of carbonyl (C=O) groups excluding carboxylic acids is 2. The molecular formula is C17H23ClFN3O2. The van der Waals surface area contributed by atoms with Crippen LogP contribution in [0.15, 0.2) is 24.3 Å². The molecule has 1 aromatic rings. The summed E-state index contributed by atoms with van der Waals surface area (Å²) in [6.07, 6.45) is 3.69. The van der Waals surface area contributed by atoms with Crippen molar-refractivity contribution in [3.05, 3.63) is 30.1 Å². The molecule has 1 atom stereocenters. The van der Waals surface area contributed by atoms with Gasteiger partial charge in [-0.1, -0.05) is 25.0 Å². The van der Waals surface area contributed by atoms with Crippen LogP contribution in [0.1, 0.15) is 32.1 Å². The van der Waals surface area contributed by atoms with E-state index in [0.29, 0.717) is 25.8 Å². The number of likely N-dealkylation sites (N-methyl/N-ethyl adjacent to an activating group) is 1. The highest BCUT2D eigenvalue weighted by molar-refractivity contribution is 6.02. The maximum atomic E-state index is 13.9. The summed E-state index contributed by atoms with van der Waals surface area (Å²) >= 11 is 0. The SMILES string of the molecule is CN(C(=O)C1(N)CCCC1)C1CCN(c2ccccc2F)C1=O.Cl. The van der Waals surface area contributed by atoms with Crippen LogP contribution in [0.25, 0.3) is 0 Å². The summed E-state index contributed by atoms with van der Waals surface area (Å²) < 4.78 is 13.9. The first-order valence-electron chi connectivity index (χ1n) is 8.06. The van der Waals surface area contributed by atoms with Gasteiger partial charge in [0.1, 0.15) is 11.9 Å².